The Labute approximate surface area is 121 Å². The van der Waals surface area contributed by atoms with Crippen LogP contribution in [0.15, 0.2) is 12.1 Å². The van der Waals surface area contributed by atoms with Crippen molar-refractivity contribution in [2.45, 2.75) is 44.8 Å². The normalized spacial score (nSPS) is 24.0. The molecule has 1 saturated heterocycles. The maximum atomic E-state index is 6.41. The van der Waals surface area contributed by atoms with Crippen LogP contribution in [0.5, 0.6) is 0 Å². The first-order valence-electron chi connectivity index (χ1n) is 7.25. The van der Waals surface area contributed by atoms with Gasteiger partial charge in [-0.3, -0.25) is 4.90 Å². The molecule has 3 nitrogen and oxygen atoms in total. The summed E-state index contributed by atoms with van der Waals surface area (Å²) in [5.41, 5.74) is 6.41. The van der Waals surface area contributed by atoms with Gasteiger partial charge in [-0.1, -0.05) is 6.92 Å². The Morgan fingerprint density at radius 3 is 2.68 bits per heavy atom. The molecule has 1 aliphatic heterocycles. The van der Waals surface area contributed by atoms with Crippen molar-refractivity contribution in [2.75, 3.05) is 27.2 Å². The Morgan fingerprint density at radius 2 is 2.21 bits per heavy atom. The number of nitrogens with zero attached hydrogens (tertiary/aromatic N) is 2. The van der Waals surface area contributed by atoms with Crippen LogP contribution in [0.4, 0.5) is 0 Å². The van der Waals surface area contributed by atoms with Crippen LogP contribution in [0, 0.1) is 6.92 Å². The monoisotopic (exact) mass is 281 g/mol. The van der Waals surface area contributed by atoms with Crippen LogP contribution >= 0.6 is 11.3 Å². The summed E-state index contributed by atoms with van der Waals surface area (Å²) in [7, 11) is 4.36. The van der Waals surface area contributed by atoms with E-state index in [0.717, 1.165) is 19.5 Å². The Bertz CT molecular complexity index is 402. The maximum Gasteiger partial charge on any atom is 0.0594 e. The lowest BCUT2D eigenvalue weighted by atomic mass is 10.0. The average Bonchev–Trinajstić information content (AvgIpc) is 2.99. The molecule has 3 unspecified atom stereocenters. The van der Waals surface area contributed by atoms with Crippen LogP contribution in [0.1, 0.15) is 35.6 Å². The summed E-state index contributed by atoms with van der Waals surface area (Å²) in [6.07, 6.45) is 2.29. The van der Waals surface area contributed by atoms with Crippen molar-refractivity contribution in [1.82, 2.24) is 9.80 Å². The smallest absolute Gasteiger partial charge is 0.0594 e. The number of nitrogens with two attached hydrogens (primary N) is 1. The minimum Gasteiger partial charge on any atom is -0.326 e. The molecule has 0 aromatic carbocycles. The highest BCUT2D eigenvalue weighted by atomic mass is 32.1. The number of hydrogen-bond donors (Lipinski definition) is 1. The second-order valence-electron chi connectivity index (χ2n) is 5.87. The average molecular weight is 281 g/mol. The van der Waals surface area contributed by atoms with E-state index in [-0.39, 0.29) is 6.04 Å². The topological polar surface area (TPSA) is 32.5 Å². The summed E-state index contributed by atoms with van der Waals surface area (Å²) in [6.45, 7) is 6.67. The van der Waals surface area contributed by atoms with E-state index in [1.54, 1.807) is 0 Å². The van der Waals surface area contributed by atoms with Crippen LogP contribution in [-0.4, -0.2) is 49.1 Å². The van der Waals surface area contributed by atoms with Gasteiger partial charge in [0.2, 0.25) is 0 Å². The fourth-order valence-corrected chi connectivity index (χ4v) is 4.03. The summed E-state index contributed by atoms with van der Waals surface area (Å²) in [6, 6.07) is 5.79. The fourth-order valence-electron chi connectivity index (χ4n) is 2.94. The molecule has 1 aromatic heterocycles. The van der Waals surface area contributed by atoms with Crippen molar-refractivity contribution in [1.29, 1.82) is 0 Å². The molecule has 1 aromatic rings. The third-order valence-corrected chi connectivity index (χ3v) is 5.32. The van der Waals surface area contributed by atoms with Crippen molar-refractivity contribution < 1.29 is 0 Å². The van der Waals surface area contributed by atoms with Crippen LogP contribution < -0.4 is 5.73 Å². The van der Waals surface area contributed by atoms with Gasteiger partial charge >= 0.3 is 0 Å². The van der Waals surface area contributed by atoms with Crippen LogP contribution in [0.25, 0.3) is 0 Å². The van der Waals surface area contributed by atoms with Crippen molar-refractivity contribution in [2.24, 2.45) is 5.73 Å². The molecule has 1 fully saturated rings. The molecule has 0 amide bonds. The fraction of sp³-hybridized carbons (Fsp3) is 0.733. The highest BCUT2D eigenvalue weighted by Crippen LogP contribution is 2.33. The number of rotatable bonds is 5. The summed E-state index contributed by atoms with van der Waals surface area (Å²) in [4.78, 5) is 7.75. The van der Waals surface area contributed by atoms with E-state index in [4.69, 9.17) is 5.73 Å². The lowest BCUT2D eigenvalue weighted by molar-refractivity contribution is 0.192. The Kier molecular flexibility index (Phi) is 5.01. The van der Waals surface area contributed by atoms with Crippen molar-refractivity contribution >= 4 is 11.3 Å². The van der Waals surface area contributed by atoms with Gasteiger partial charge in [0.05, 0.1) is 6.04 Å². The Balaban J connectivity index is 2.15. The molecule has 0 spiro atoms. The van der Waals surface area contributed by atoms with E-state index in [2.05, 4.69) is 49.9 Å². The van der Waals surface area contributed by atoms with E-state index >= 15 is 0 Å². The standard InChI is InChI=1S/C15H27N3S/c1-5-13(16)15(14-7-6-11(2)19-14)18-9-8-12(10-18)17(3)4/h6-7,12-13,15H,5,8-10,16H2,1-4H3. The molecule has 19 heavy (non-hydrogen) atoms. The first-order chi connectivity index (χ1) is 9.02. The molecular weight excluding hydrogens is 254 g/mol. The zero-order valence-corrected chi connectivity index (χ0v) is 13.4. The molecule has 2 N–H and O–H groups in total. The molecule has 1 aliphatic rings. The summed E-state index contributed by atoms with van der Waals surface area (Å²) in [5, 5.41) is 0. The first-order valence-corrected chi connectivity index (χ1v) is 8.07. The largest absolute Gasteiger partial charge is 0.326 e. The van der Waals surface area contributed by atoms with E-state index in [1.807, 2.05) is 11.3 Å². The van der Waals surface area contributed by atoms with Gasteiger partial charge < -0.3 is 10.6 Å². The molecule has 0 bridgehead atoms. The number of aryl methyl sites for hydroxylation is 1. The zero-order valence-electron chi connectivity index (χ0n) is 12.6. The van der Waals surface area contributed by atoms with E-state index < -0.39 is 0 Å². The van der Waals surface area contributed by atoms with Gasteiger partial charge in [0, 0.05) is 34.9 Å². The zero-order chi connectivity index (χ0) is 14.0. The van der Waals surface area contributed by atoms with Crippen molar-refractivity contribution in [3.05, 3.63) is 21.9 Å². The van der Waals surface area contributed by atoms with E-state index in [1.165, 1.54) is 16.2 Å². The van der Waals surface area contributed by atoms with E-state index in [9.17, 15) is 0 Å². The van der Waals surface area contributed by atoms with Crippen molar-refractivity contribution in [3.8, 4) is 0 Å². The summed E-state index contributed by atoms with van der Waals surface area (Å²) < 4.78 is 0. The van der Waals surface area contributed by atoms with Gasteiger partial charge in [0.15, 0.2) is 0 Å². The lowest BCUT2D eigenvalue weighted by Gasteiger charge is -2.32. The van der Waals surface area contributed by atoms with Gasteiger partial charge in [0.1, 0.15) is 0 Å². The molecule has 4 heteroatoms. The lowest BCUT2D eigenvalue weighted by Crippen LogP contribution is -2.41. The van der Waals surface area contributed by atoms with Gasteiger partial charge in [-0.05, 0) is 46.0 Å². The SMILES string of the molecule is CCC(N)C(c1ccc(C)s1)N1CCC(N(C)C)C1. The highest BCUT2D eigenvalue weighted by Gasteiger charge is 2.33. The quantitative estimate of drug-likeness (QED) is 0.900. The van der Waals surface area contributed by atoms with Gasteiger partial charge in [-0.2, -0.15) is 0 Å². The third-order valence-electron chi connectivity index (χ3n) is 4.25. The maximum absolute atomic E-state index is 6.41. The van der Waals surface area contributed by atoms with Gasteiger partial charge in [-0.15, -0.1) is 11.3 Å². The molecule has 0 saturated carbocycles. The number of thiophene rings is 1. The molecule has 108 valence electrons. The molecular formula is C15H27N3S. The molecule has 2 rings (SSSR count). The summed E-state index contributed by atoms with van der Waals surface area (Å²) in [5.74, 6) is 0. The Morgan fingerprint density at radius 1 is 1.47 bits per heavy atom. The second kappa shape index (κ2) is 6.35. The summed E-state index contributed by atoms with van der Waals surface area (Å²) >= 11 is 1.90. The first kappa shape index (κ1) is 15.0. The number of hydrogen-bond acceptors (Lipinski definition) is 4. The number of likely N-dealkylation sites (N-methyl/N-ethyl adjacent to an activating group) is 1. The van der Waals surface area contributed by atoms with E-state index in [0.29, 0.717) is 12.1 Å². The number of likely N-dealkylation sites (tertiary alicyclic amines) is 1. The second-order valence-corrected chi connectivity index (χ2v) is 7.19. The minimum absolute atomic E-state index is 0.235. The minimum atomic E-state index is 0.235. The van der Waals surface area contributed by atoms with Crippen LogP contribution in [0.3, 0.4) is 0 Å². The van der Waals surface area contributed by atoms with Gasteiger partial charge in [-0.25, -0.2) is 0 Å². The van der Waals surface area contributed by atoms with Crippen LogP contribution in [-0.2, 0) is 0 Å². The molecule has 3 atom stereocenters. The predicted octanol–water partition coefficient (Wildman–Crippen LogP) is 2.47. The van der Waals surface area contributed by atoms with Crippen LogP contribution in [0.2, 0.25) is 0 Å². The van der Waals surface area contributed by atoms with Crippen molar-refractivity contribution in [3.63, 3.8) is 0 Å². The molecule has 2 heterocycles. The predicted molar refractivity (Wildman–Crippen MR) is 83.7 cm³/mol. The Hall–Kier alpha value is -0.420. The molecule has 0 radical (unpaired) electrons. The molecule has 0 aliphatic carbocycles. The third kappa shape index (κ3) is 3.37. The van der Waals surface area contributed by atoms with Gasteiger partial charge in [0.25, 0.3) is 0 Å². The highest BCUT2D eigenvalue weighted by molar-refractivity contribution is 7.12.